The van der Waals surface area contributed by atoms with Crippen molar-refractivity contribution in [3.63, 3.8) is 0 Å². The van der Waals surface area contributed by atoms with Crippen LogP contribution >= 0.6 is 11.6 Å². The molecule has 1 aliphatic carbocycles. The average molecular weight is 299 g/mol. The van der Waals surface area contributed by atoms with Gasteiger partial charge in [0.1, 0.15) is 5.82 Å². The van der Waals surface area contributed by atoms with Crippen LogP contribution in [0.3, 0.4) is 0 Å². The second kappa shape index (κ2) is 6.10. The monoisotopic (exact) mass is 298 g/mol. The van der Waals surface area contributed by atoms with E-state index in [-0.39, 0.29) is 23.7 Å². The maximum Gasteiger partial charge on any atom is 0.223 e. The quantitative estimate of drug-likeness (QED) is 0.908. The predicted molar refractivity (Wildman–Crippen MR) is 77.8 cm³/mol. The van der Waals surface area contributed by atoms with Gasteiger partial charge in [-0.15, -0.1) is 0 Å². The molecule has 2 N–H and O–H groups in total. The molecule has 1 aromatic carbocycles. The van der Waals surface area contributed by atoms with Gasteiger partial charge in [-0.2, -0.15) is 0 Å². The first-order valence-electron chi connectivity index (χ1n) is 6.84. The lowest BCUT2D eigenvalue weighted by atomic mass is 9.66. The van der Waals surface area contributed by atoms with Gasteiger partial charge in [-0.25, -0.2) is 4.39 Å². The lowest BCUT2D eigenvalue weighted by Gasteiger charge is -2.41. The molecule has 0 aliphatic heterocycles. The molecule has 0 heterocycles. The van der Waals surface area contributed by atoms with Crippen LogP contribution in [0.4, 0.5) is 4.39 Å². The van der Waals surface area contributed by atoms with Crippen molar-refractivity contribution in [2.75, 3.05) is 13.6 Å². The number of rotatable bonds is 5. The molecule has 0 aromatic heterocycles. The standard InChI is InChI=1S/C15H20ClFN2O/c1-19(9-11-12(16)4-2-5-13(11)17)14(20)8-15(10-18)6-3-7-15/h2,4-5H,3,6-10,18H2,1H3. The van der Waals surface area contributed by atoms with Crippen LogP contribution in [0, 0.1) is 11.2 Å². The summed E-state index contributed by atoms with van der Waals surface area (Å²) in [5, 5.41) is 0.349. The zero-order valence-electron chi connectivity index (χ0n) is 11.7. The van der Waals surface area contributed by atoms with E-state index in [1.54, 1.807) is 19.2 Å². The van der Waals surface area contributed by atoms with Gasteiger partial charge in [0.15, 0.2) is 0 Å². The third-order valence-electron chi connectivity index (χ3n) is 4.26. The number of benzene rings is 1. The van der Waals surface area contributed by atoms with E-state index in [0.29, 0.717) is 23.6 Å². The molecule has 0 bridgehead atoms. The van der Waals surface area contributed by atoms with Crippen LogP contribution in [0.2, 0.25) is 5.02 Å². The molecule has 1 fully saturated rings. The number of hydrogen-bond donors (Lipinski definition) is 1. The van der Waals surface area contributed by atoms with E-state index in [0.717, 1.165) is 19.3 Å². The Balaban J connectivity index is 2.01. The number of hydrogen-bond acceptors (Lipinski definition) is 2. The summed E-state index contributed by atoms with van der Waals surface area (Å²) >= 11 is 5.98. The van der Waals surface area contributed by atoms with Crippen LogP contribution in [0.25, 0.3) is 0 Å². The molecule has 5 heteroatoms. The molecular weight excluding hydrogens is 279 g/mol. The molecule has 3 nitrogen and oxygen atoms in total. The summed E-state index contributed by atoms with van der Waals surface area (Å²) in [4.78, 5) is 13.8. The van der Waals surface area contributed by atoms with Crippen LogP contribution in [-0.2, 0) is 11.3 Å². The minimum atomic E-state index is -0.380. The normalized spacial score (nSPS) is 16.6. The van der Waals surface area contributed by atoms with E-state index in [1.807, 2.05) is 0 Å². The summed E-state index contributed by atoms with van der Waals surface area (Å²) in [6, 6.07) is 4.54. The minimum Gasteiger partial charge on any atom is -0.341 e. The summed E-state index contributed by atoms with van der Waals surface area (Å²) in [7, 11) is 1.67. The number of nitrogens with zero attached hydrogens (tertiary/aromatic N) is 1. The van der Waals surface area contributed by atoms with Gasteiger partial charge < -0.3 is 10.6 Å². The summed E-state index contributed by atoms with van der Waals surface area (Å²) in [5.74, 6) is -0.385. The number of nitrogens with two attached hydrogens (primary N) is 1. The summed E-state index contributed by atoms with van der Waals surface area (Å²) < 4.78 is 13.7. The van der Waals surface area contributed by atoms with Crippen LogP contribution in [-0.4, -0.2) is 24.4 Å². The Labute approximate surface area is 123 Å². The molecule has 0 spiro atoms. The molecule has 1 aromatic rings. The first-order chi connectivity index (χ1) is 9.47. The lowest BCUT2D eigenvalue weighted by molar-refractivity contribution is -0.134. The molecule has 1 amide bonds. The second-order valence-electron chi connectivity index (χ2n) is 5.68. The van der Waals surface area contributed by atoms with Crippen LogP contribution in [0.1, 0.15) is 31.2 Å². The molecule has 1 aliphatic rings. The van der Waals surface area contributed by atoms with Crippen molar-refractivity contribution in [2.24, 2.45) is 11.1 Å². The van der Waals surface area contributed by atoms with E-state index in [9.17, 15) is 9.18 Å². The largest absolute Gasteiger partial charge is 0.341 e. The molecule has 0 saturated heterocycles. The van der Waals surface area contributed by atoms with Crippen LogP contribution < -0.4 is 5.73 Å². The fourth-order valence-corrected chi connectivity index (χ4v) is 2.82. The lowest BCUT2D eigenvalue weighted by Crippen LogP contribution is -2.42. The molecule has 2 rings (SSSR count). The van der Waals surface area contributed by atoms with Gasteiger partial charge >= 0.3 is 0 Å². The first kappa shape index (κ1) is 15.3. The Bertz CT molecular complexity index is 477. The summed E-state index contributed by atoms with van der Waals surface area (Å²) in [6.07, 6.45) is 3.58. The van der Waals surface area contributed by atoms with E-state index >= 15 is 0 Å². The minimum absolute atomic E-state index is 0.00512. The SMILES string of the molecule is CN(Cc1c(F)cccc1Cl)C(=O)CC1(CN)CCC1. The van der Waals surface area contributed by atoms with Gasteiger partial charge in [-0.3, -0.25) is 4.79 Å². The Morgan fingerprint density at radius 3 is 2.70 bits per heavy atom. The van der Waals surface area contributed by atoms with Gasteiger partial charge in [0.05, 0.1) is 0 Å². The topological polar surface area (TPSA) is 46.3 Å². The van der Waals surface area contributed by atoms with E-state index < -0.39 is 0 Å². The number of carbonyl (C=O) groups excluding carboxylic acids is 1. The van der Waals surface area contributed by atoms with E-state index in [2.05, 4.69) is 0 Å². The van der Waals surface area contributed by atoms with Crippen LogP contribution in [0.15, 0.2) is 18.2 Å². The number of halogens is 2. The first-order valence-corrected chi connectivity index (χ1v) is 7.22. The number of carbonyl (C=O) groups is 1. The fraction of sp³-hybridized carbons (Fsp3) is 0.533. The third-order valence-corrected chi connectivity index (χ3v) is 4.61. The van der Waals surface area contributed by atoms with Crippen molar-refractivity contribution in [1.29, 1.82) is 0 Å². The molecule has 0 atom stereocenters. The van der Waals surface area contributed by atoms with Gasteiger partial charge in [0.2, 0.25) is 5.91 Å². The Morgan fingerprint density at radius 1 is 1.50 bits per heavy atom. The highest BCUT2D eigenvalue weighted by Gasteiger charge is 2.38. The molecule has 1 saturated carbocycles. The molecule has 0 radical (unpaired) electrons. The Morgan fingerprint density at radius 2 is 2.20 bits per heavy atom. The maximum atomic E-state index is 13.7. The van der Waals surface area contributed by atoms with Crippen molar-refractivity contribution >= 4 is 17.5 Å². The Hall–Kier alpha value is -1.13. The maximum absolute atomic E-state index is 13.7. The molecule has 0 unspecified atom stereocenters. The van der Waals surface area contributed by atoms with Crippen molar-refractivity contribution in [2.45, 2.75) is 32.2 Å². The highest BCUT2D eigenvalue weighted by Crippen LogP contribution is 2.43. The van der Waals surface area contributed by atoms with E-state index in [1.165, 1.54) is 11.0 Å². The zero-order chi connectivity index (χ0) is 14.8. The van der Waals surface area contributed by atoms with Gasteiger partial charge in [-0.1, -0.05) is 24.1 Å². The van der Waals surface area contributed by atoms with Crippen molar-refractivity contribution < 1.29 is 9.18 Å². The summed E-state index contributed by atoms with van der Waals surface area (Å²) in [6.45, 7) is 0.720. The number of amides is 1. The average Bonchev–Trinajstić information content (AvgIpc) is 2.38. The third kappa shape index (κ3) is 3.13. The van der Waals surface area contributed by atoms with Crippen molar-refractivity contribution in [1.82, 2.24) is 4.90 Å². The van der Waals surface area contributed by atoms with Crippen molar-refractivity contribution in [3.05, 3.63) is 34.6 Å². The smallest absolute Gasteiger partial charge is 0.223 e. The fourth-order valence-electron chi connectivity index (χ4n) is 2.59. The van der Waals surface area contributed by atoms with Gasteiger partial charge in [-0.05, 0) is 36.9 Å². The van der Waals surface area contributed by atoms with E-state index in [4.69, 9.17) is 17.3 Å². The highest BCUT2D eigenvalue weighted by molar-refractivity contribution is 6.31. The highest BCUT2D eigenvalue weighted by atomic mass is 35.5. The van der Waals surface area contributed by atoms with Crippen molar-refractivity contribution in [3.8, 4) is 0 Å². The molecular formula is C15H20ClFN2O. The summed E-state index contributed by atoms with van der Waals surface area (Å²) in [5.41, 5.74) is 6.09. The van der Waals surface area contributed by atoms with Crippen LogP contribution in [0.5, 0.6) is 0 Å². The molecule has 110 valence electrons. The molecule has 20 heavy (non-hydrogen) atoms. The van der Waals surface area contributed by atoms with Gasteiger partial charge in [0, 0.05) is 30.6 Å². The Kier molecular flexibility index (Phi) is 4.66. The predicted octanol–water partition coefficient (Wildman–Crippen LogP) is 2.96. The second-order valence-corrected chi connectivity index (χ2v) is 6.09. The zero-order valence-corrected chi connectivity index (χ0v) is 12.4. The van der Waals surface area contributed by atoms with Gasteiger partial charge in [0.25, 0.3) is 0 Å².